The molecule has 0 aromatic heterocycles. The van der Waals surface area contributed by atoms with E-state index < -0.39 is 28.8 Å². The molecule has 0 atom stereocenters. The van der Waals surface area contributed by atoms with E-state index in [4.69, 9.17) is 35.1 Å². The van der Waals surface area contributed by atoms with Gasteiger partial charge in [-0.05, 0) is 23.2 Å². The van der Waals surface area contributed by atoms with Gasteiger partial charge in [0.15, 0.2) is 18.8 Å². The van der Waals surface area contributed by atoms with E-state index in [2.05, 4.69) is 64.3 Å². The summed E-state index contributed by atoms with van der Waals surface area (Å²) in [7, 11) is -4.47. The molecule has 0 aliphatic carbocycles. The Morgan fingerprint density at radius 3 is 1.38 bits per heavy atom. The Kier molecular flexibility index (Phi) is 15.0. The van der Waals surface area contributed by atoms with Crippen molar-refractivity contribution in [2.24, 2.45) is 0 Å². The number of benzene rings is 2. The number of nitrogens with zero attached hydrogens (tertiary/aromatic N) is 2. The SMILES string of the molecule is CC(C)(C)[Si](C)(C)Cl.[2H]CF.[C-]#[N+]c1ccc(C(=O)O)cc1.[C-]#[N+]c1ccc(C(=O)O[Si](C)(C)C(C)(C)C)cc1. The third-order valence-corrected chi connectivity index (χ3v) is 16.0. The van der Waals surface area contributed by atoms with E-state index in [9.17, 15) is 14.0 Å². The van der Waals surface area contributed by atoms with Crippen LogP contribution in [0, 0.1) is 13.1 Å². The molecule has 6 nitrogen and oxygen atoms in total. The van der Waals surface area contributed by atoms with Crippen LogP contribution in [0.5, 0.6) is 0 Å². The summed E-state index contributed by atoms with van der Waals surface area (Å²) in [5.74, 6) is -1.26. The number of carbonyl (C=O) groups excluding carboxylic acids is 1. The van der Waals surface area contributed by atoms with Crippen molar-refractivity contribution in [3.63, 3.8) is 0 Å². The molecule has 0 bridgehead atoms. The van der Waals surface area contributed by atoms with Crippen molar-refractivity contribution in [1.82, 2.24) is 0 Å². The number of aromatic carboxylic acids is 1. The van der Waals surface area contributed by atoms with Gasteiger partial charge in [0, 0.05) is 0 Å². The largest absolute Gasteiger partial charge is 0.516 e. The maximum atomic E-state index is 12.0. The van der Waals surface area contributed by atoms with E-state index in [1.165, 1.54) is 24.3 Å². The van der Waals surface area contributed by atoms with Gasteiger partial charge in [-0.2, -0.15) is 11.1 Å². The van der Waals surface area contributed by atoms with Gasteiger partial charge in [-0.25, -0.2) is 19.3 Å². The Morgan fingerprint density at radius 2 is 1.15 bits per heavy atom. The van der Waals surface area contributed by atoms with Gasteiger partial charge in [-0.15, -0.1) is 0 Å². The van der Waals surface area contributed by atoms with Crippen molar-refractivity contribution in [2.45, 2.75) is 77.8 Å². The molecule has 0 saturated carbocycles. The maximum Gasteiger partial charge on any atom is 0.335 e. The number of carboxylic acids is 1. The number of halogens is 2. The minimum Gasteiger partial charge on any atom is -0.516 e. The fraction of sp³-hybridized carbons (Fsp3) is 0.448. The van der Waals surface area contributed by atoms with Crippen LogP contribution in [0.25, 0.3) is 9.69 Å². The molecule has 0 saturated heterocycles. The quantitative estimate of drug-likeness (QED) is 0.218. The first-order valence-corrected chi connectivity index (χ1v) is 19.0. The Bertz CT molecular complexity index is 1150. The minimum absolute atomic E-state index is 0.000880. The lowest BCUT2D eigenvalue weighted by atomic mass is 10.2. The maximum absolute atomic E-state index is 12.0. The summed E-state index contributed by atoms with van der Waals surface area (Å²) >= 11 is 6.15. The van der Waals surface area contributed by atoms with E-state index in [-0.39, 0.29) is 16.6 Å². The topological polar surface area (TPSA) is 72.3 Å². The van der Waals surface area contributed by atoms with E-state index in [1.807, 2.05) is 13.1 Å². The summed E-state index contributed by atoms with van der Waals surface area (Å²) < 4.78 is 21.2. The molecular formula is C29H42ClFN2O4Si2. The summed E-state index contributed by atoms with van der Waals surface area (Å²) in [5, 5.41) is 8.81. The standard InChI is InChI=1S/C14H19NO2Si.C8H5NO2.C6H15ClSi.CH3F/c1-14(2,3)18(5,6)17-13(16)11-7-9-12(15-4)10-8-11;1-9-7-4-2-6(3-5-7)8(10)11;1-6(2,3)8(4,5)7;1-2/h7-10H,1-3,5-6H3;2-5H,(H,10,11);1-5H3;1H3/i;;;1D. The van der Waals surface area contributed by atoms with E-state index in [0.717, 1.165) is 0 Å². The Morgan fingerprint density at radius 1 is 0.846 bits per heavy atom. The third kappa shape index (κ3) is 14.1. The summed E-state index contributed by atoms with van der Waals surface area (Å²) in [6, 6.07) is 12.3. The number of hydrogen-bond donors (Lipinski definition) is 1. The third-order valence-electron chi connectivity index (χ3n) is 6.41. The highest BCUT2D eigenvalue weighted by Gasteiger charge is 2.40. The van der Waals surface area contributed by atoms with Crippen molar-refractivity contribution in [3.05, 3.63) is 82.5 Å². The molecule has 0 amide bonds. The average Bonchev–Trinajstić information content (AvgIpc) is 2.83. The van der Waals surface area contributed by atoms with Gasteiger partial charge in [0.2, 0.25) is 0 Å². The number of hydrogen-bond acceptors (Lipinski definition) is 3. The molecule has 0 radical (unpaired) electrons. The van der Waals surface area contributed by atoms with Gasteiger partial charge in [0.25, 0.3) is 8.32 Å². The number of rotatable bonds is 3. The lowest BCUT2D eigenvalue weighted by Gasteiger charge is -2.35. The predicted octanol–water partition coefficient (Wildman–Crippen LogP) is 10.2. The zero-order chi connectivity index (χ0) is 31.9. The molecule has 0 fully saturated rings. The van der Waals surface area contributed by atoms with Gasteiger partial charge in [0.05, 0.1) is 32.8 Å². The molecule has 2 aromatic rings. The molecule has 0 spiro atoms. The molecule has 39 heavy (non-hydrogen) atoms. The molecule has 0 aliphatic rings. The predicted molar refractivity (Wildman–Crippen MR) is 165 cm³/mol. The fourth-order valence-electron chi connectivity index (χ4n) is 1.79. The van der Waals surface area contributed by atoms with E-state index in [0.29, 0.717) is 22.0 Å². The zero-order valence-electron chi connectivity index (χ0n) is 25.6. The highest BCUT2D eigenvalue weighted by atomic mass is 35.6. The molecule has 10 heteroatoms. The van der Waals surface area contributed by atoms with Gasteiger partial charge in [0.1, 0.15) is 0 Å². The Balaban J connectivity index is 0. The number of carbonyl (C=O) groups is 2. The van der Waals surface area contributed by atoms with Crippen molar-refractivity contribution in [3.8, 4) is 0 Å². The van der Waals surface area contributed by atoms with E-state index >= 15 is 0 Å². The second-order valence-electron chi connectivity index (χ2n) is 11.5. The first kappa shape index (κ1) is 36.0. The normalized spacial score (nSPS) is 11.3. The minimum atomic E-state index is -2.08. The van der Waals surface area contributed by atoms with Crippen LogP contribution in [0.15, 0.2) is 48.5 Å². The van der Waals surface area contributed by atoms with E-state index in [1.54, 1.807) is 24.3 Å². The Hall–Kier alpha value is -2.99. The van der Waals surface area contributed by atoms with Crippen molar-refractivity contribution >= 4 is 50.1 Å². The first-order valence-electron chi connectivity index (χ1n) is 12.7. The van der Waals surface area contributed by atoms with Crippen LogP contribution in [0.1, 0.15) is 63.6 Å². The highest BCUT2D eigenvalue weighted by Crippen LogP contribution is 2.38. The average molecular weight is 594 g/mol. The van der Waals surface area contributed by atoms with Crippen LogP contribution < -0.4 is 0 Å². The smallest absolute Gasteiger partial charge is 0.335 e. The van der Waals surface area contributed by atoms with Gasteiger partial charge < -0.3 is 9.53 Å². The van der Waals surface area contributed by atoms with Crippen molar-refractivity contribution < 1.29 is 24.9 Å². The second kappa shape index (κ2) is 16.2. The lowest BCUT2D eigenvalue weighted by Crippen LogP contribution is -2.42. The van der Waals surface area contributed by atoms with Gasteiger partial charge >= 0.3 is 11.9 Å². The lowest BCUT2D eigenvalue weighted by molar-refractivity contribution is 0.0691. The molecule has 0 heterocycles. The van der Waals surface area contributed by atoms with Crippen LogP contribution in [-0.4, -0.2) is 39.9 Å². The van der Waals surface area contributed by atoms with Gasteiger partial charge in [-0.1, -0.05) is 103 Å². The second-order valence-corrected chi connectivity index (χ2v) is 23.5. The molecule has 2 aromatic carbocycles. The molecule has 2 rings (SSSR count). The highest BCUT2D eigenvalue weighted by molar-refractivity contribution is 7.20. The summed E-state index contributed by atoms with van der Waals surface area (Å²) in [6.45, 7) is 34.8. The van der Waals surface area contributed by atoms with Crippen LogP contribution in [0.2, 0.25) is 36.3 Å². The van der Waals surface area contributed by atoms with Gasteiger partial charge in [-0.3, -0.25) is 4.39 Å². The molecule has 1 N–H and O–H groups in total. The van der Waals surface area contributed by atoms with Crippen LogP contribution in [-0.2, 0) is 4.43 Å². The molecule has 0 unspecified atom stereocenters. The first-order chi connectivity index (χ1) is 18.1. The summed E-state index contributed by atoms with van der Waals surface area (Å²) in [4.78, 5) is 28.8. The number of alkyl halides is 1. The zero-order valence-corrected chi connectivity index (χ0v) is 27.4. The Labute approximate surface area is 242 Å². The van der Waals surface area contributed by atoms with Crippen molar-refractivity contribution in [1.29, 1.82) is 0 Å². The molecule has 0 aliphatic heterocycles. The van der Waals surface area contributed by atoms with Crippen LogP contribution >= 0.6 is 11.1 Å². The summed E-state index contributed by atoms with van der Waals surface area (Å²) in [5.41, 5.74) is 1.69. The fourth-order valence-corrected chi connectivity index (χ4v) is 2.68. The molecular weight excluding hydrogens is 551 g/mol. The van der Waals surface area contributed by atoms with Crippen LogP contribution in [0.4, 0.5) is 15.8 Å². The molecule has 214 valence electrons. The van der Waals surface area contributed by atoms with Crippen molar-refractivity contribution in [2.75, 3.05) is 7.15 Å². The van der Waals surface area contributed by atoms with Crippen LogP contribution in [0.3, 0.4) is 0 Å². The monoisotopic (exact) mass is 593 g/mol. The summed E-state index contributed by atoms with van der Waals surface area (Å²) in [6.07, 6.45) is 0. The number of carboxylic acid groups (broad SMARTS) is 1.